The molecule has 0 spiro atoms. The molecule has 11 heteroatoms. The van der Waals surface area contributed by atoms with Gasteiger partial charge in [0.15, 0.2) is 6.04 Å². The SMILES string of the molecule is CSCC[C@@H](NC(=O)OCC1c2ccccc2-c2ccccc21)C(=O)O[C@H](C)[C@H](NC(=O)OC(C)(C)C)C(=O)OCc1ccccc1. The van der Waals surface area contributed by atoms with E-state index in [9.17, 15) is 19.2 Å². The summed E-state index contributed by atoms with van der Waals surface area (Å²) in [5.74, 6) is -1.21. The Kier molecular flexibility index (Phi) is 12.3. The van der Waals surface area contributed by atoms with Crippen molar-refractivity contribution in [2.75, 3.05) is 18.6 Å². The van der Waals surface area contributed by atoms with Crippen LogP contribution in [0, 0.1) is 0 Å². The van der Waals surface area contributed by atoms with Gasteiger partial charge in [0.1, 0.15) is 31.0 Å². The molecule has 2 amide bonds. The minimum Gasteiger partial charge on any atom is -0.459 e. The predicted octanol–water partition coefficient (Wildman–Crippen LogP) is 6.22. The molecule has 47 heavy (non-hydrogen) atoms. The smallest absolute Gasteiger partial charge is 0.408 e. The Morgan fingerprint density at radius 3 is 1.98 bits per heavy atom. The number of hydrogen-bond acceptors (Lipinski definition) is 9. The van der Waals surface area contributed by atoms with Gasteiger partial charge in [0, 0.05) is 5.92 Å². The molecule has 3 aromatic rings. The van der Waals surface area contributed by atoms with Crippen LogP contribution in [-0.2, 0) is 35.1 Å². The van der Waals surface area contributed by atoms with Gasteiger partial charge in [-0.15, -0.1) is 0 Å². The van der Waals surface area contributed by atoms with Crippen LogP contribution in [0.1, 0.15) is 56.7 Å². The molecule has 0 aromatic heterocycles. The summed E-state index contributed by atoms with van der Waals surface area (Å²) < 4.78 is 22.1. The number of alkyl carbamates (subject to hydrolysis) is 2. The number of thioether (sulfide) groups is 1. The Morgan fingerprint density at radius 2 is 1.38 bits per heavy atom. The molecule has 3 atom stereocenters. The molecule has 0 heterocycles. The number of fused-ring (bicyclic) bond motifs is 3. The summed E-state index contributed by atoms with van der Waals surface area (Å²) in [5, 5.41) is 5.11. The van der Waals surface area contributed by atoms with Crippen molar-refractivity contribution in [1.29, 1.82) is 0 Å². The topological polar surface area (TPSA) is 129 Å². The maximum absolute atomic E-state index is 13.4. The average molecular weight is 663 g/mol. The first-order valence-corrected chi connectivity index (χ1v) is 16.9. The highest BCUT2D eigenvalue weighted by molar-refractivity contribution is 7.98. The Bertz CT molecular complexity index is 1500. The van der Waals surface area contributed by atoms with Crippen molar-refractivity contribution in [2.24, 2.45) is 0 Å². The van der Waals surface area contributed by atoms with Crippen molar-refractivity contribution in [3.05, 3.63) is 95.6 Å². The van der Waals surface area contributed by atoms with Crippen LogP contribution in [0.4, 0.5) is 9.59 Å². The Hall–Kier alpha value is -4.51. The molecule has 0 fully saturated rings. The molecular formula is C36H42N2O8S. The third-order valence-corrected chi connectivity index (χ3v) is 8.10. The highest BCUT2D eigenvalue weighted by Gasteiger charge is 2.35. The molecule has 3 aromatic carbocycles. The zero-order chi connectivity index (χ0) is 34.0. The van der Waals surface area contributed by atoms with Gasteiger partial charge in [0.2, 0.25) is 0 Å². The lowest BCUT2D eigenvalue weighted by atomic mass is 9.98. The molecule has 10 nitrogen and oxygen atoms in total. The van der Waals surface area contributed by atoms with E-state index in [0.29, 0.717) is 5.75 Å². The van der Waals surface area contributed by atoms with Gasteiger partial charge in [-0.3, -0.25) is 0 Å². The van der Waals surface area contributed by atoms with Crippen LogP contribution in [0.25, 0.3) is 11.1 Å². The summed E-state index contributed by atoms with van der Waals surface area (Å²) in [4.78, 5) is 52.2. The fraction of sp³-hybridized carbons (Fsp3) is 0.389. The molecule has 1 aliphatic carbocycles. The summed E-state index contributed by atoms with van der Waals surface area (Å²) >= 11 is 1.49. The van der Waals surface area contributed by atoms with Crippen LogP contribution in [0.5, 0.6) is 0 Å². The molecule has 0 saturated heterocycles. The van der Waals surface area contributed by atoms with Crippen molar-refractivity contribution < 1.29 is 38.1 Å². The number of hydrogen-bond donors (Lipinski definition) is 2. The molecule has 0 unspecified atom stereocenters. The van der Waals surface area contributed by atoms with E-state index in [1.165, 1.54) is 18.7 Å². The summed E-state index contributed by atoms with van der Waals surface area (Å²) in [6.45, 7) is 6.54. The number of nitrogens with one attached hydrogen (secondary N) is 2. The van der Waals surface area contributed by atoms with E-state index in [2.05, 4.69) is 10.6 Å². The molecule has 0 saturated carbocycles. The Morgan fingerprint density at radius 1 is 0.787 bits per heavy atom. The van der Waals surface area contributed by atoms with Crippen LogP contribution in [-0.4, -0.2) is 66.5 Å². The molecule has 0 radical (unpaired) electrons. The summed E-state index contributed by atoms with van der Waals surface area (Å²) in [5.41, 5.74) is 4.24. The third kappa shape index (κ3) is 9.99. The number of carbonyl (C=O) groups is 4. The van der Waals surface area contributed by atoms with Gasteiger partial charge in [-0.1, -0.05) is 78.9 Å². The minimum atomic E-state index is -1.38. The lowest BCUT2D eigenvalue weighted by Gasteiger charge is -2.27. The zero-order valence-electron chi connectivity index (χ0n) is 27.3. The number of benzene rings is 3. The van der Waals surface area contributed by atoms with Crippen molar-refractivity contribution in [3.63, 3.8) is 0 Å². The van der Waals surface area contributed by atoms with Crippen molar-refractivity contribution in [3.8, 4) is 11.1 Å². The van der Waals surface area contributed by atoms with Crippen molar-refractivity contribution in [1.82, 2.24) is 10.6 Å². The molecule has 0 aliphatic heterocycles. The second-order valence-corrected chi connectivity index (χ2v) is 13.1. The van der Waals surface area contributed by atoms with Crippen LogP contribution >= 0.6 is 11.8 Å². The van der Waals surface area contributed by atoms with E-state index in [1.807, 2.05) is 73.0 Å². The Balaban J connectivity index is 1.41. The van der Waals surface area contributed by atoms with Crippen LogP contribution in [0.2, 0.25) is 0 Å². The molecule has 1 aliphatic rings. The number of carbonyl (C=O) groups excluding carboxylic acids is 4. The van der Waals surface area contributed by atoms with Gasteiger partial charge < -0.3 is 29.6 Å². The van der Waals surface area contributed by atoms with Gasteiger partial charge in [0.05, 0.1) is 0 Å². The van der Waals surface area contributed by atoms with E-state index in [1.54, 1.807) is 32.9 Å². The molecular weight excluding hydrogens is 620 g/mol. The lowest BCUT2D eigenvalue weighted by molar-refractivity contribution is -0.159. The second-order valence-electron chi connectivity index (χ2n) is 12.2. The minimum absolute atomic E-state index is 0.0491. The maximum atomic E-state index is 13.4. The first kappa shape index (κ1) is 35.3. The lowest BCUT2D eigenvalue weighted by Crippen LogP contribution is -2.52. The first-order valence-electron chi connectivity index (χ1n) is 15.5. The quantitative estimate of drug-likeness (QED) is 0.162. The summed E-state index contributed by atoms with van der Waals surface area (Å²) in [6.07, 6.45) is -0.688. The van der Waals surface area contributed by atoms with Gasteiger partial charge >= 0.3 is 24.1 Å². The van der Waals surface area contributed by atoms with E-state index in [0.717, 1.165) is 27.8 Å². The highest BCUT2D eigenvalue weighted by atomic mass is 32.2. The monoisotopic (exact) mass is 662 g/mol. The highest BCUT2D eigenvalue weighted by Crippen LogP contribution is 2.44. The fourth-order valence-corrected chi connectivity index (χ4v) is 5.69. The van der Waals surface area contributed by atoms with E-state index in [-0.39, 0.29) is 25.6 Å². The summed E-state index contributed by atoms with van der Waals surface area (Å²) in [6, 6.07) is 22.6. The number of esters is 2. The standard InChI is InChI=1S/C36H42N2O8S/c1-23(31(38-35(42)46-36(2,3)4)33(40)43-21-24-13-7-6-8-14-24)45-32(39)30(19-20-47-5)37-34(41)44-22-29-27-17-11-9-15-25(27)26-16-10-12-18-28(26)29/h6-18,23,29-31H,19-22H2,1-5H3,(H,37,41)(H,38,42)/t23-,30-,31+/m1/s1. The van der Waals surface area contributed by atoms with Gasteiger partial charge in [-0.2, -0.15) is 11.8 Å². The van der Waals surface area contributed by atoms with Crippen molar-refractivity contribution >= 4 is 35.9 Å². The average Bonchev–Trinajstić information content (AvgIpc) is 3.36. The van der Waals surface area contributed by atoms with Crippen LogP contribution in [0.15, 0.2) is 78.9 Å². The Labute approximate surface area is 279 Å². The molecule has 250 valence electrons. The zero-order valence-corrected chi connectivity index (χ0v) is 28.1. The summed E-state index contributed by atoms with van der Waals surface area (Å²) in [7, 11) is 0. The van der Waals surface area contributed by atoms with E-state index >= 15 is 0 Å². The van der Waals surface area contributed by atoms with Crippen LogP contribution < -0.4 is 10.6 Å². The maximum Gasteiger partial charge on any atom is 0.408 e. The van der Waals surface area contributed by atoms with Crippen molar-refractivity contribution in [2.45, 2.75) is 70.4 Å². The predicted molar refractivity (Wildman–Crippen MR) is 180 cm³/mol. The first-order chi connectivity index (χ1) is 22.5. The van der Waals surface area contributed by atoms with Gasteiger partial charge in [-0.25, -0.2) is 19.2 Å². The second kappa shape index (κ2) is 16.4. The molecule has 2 N–H and O–H groups in total. The van der Waals surface area contributed by atoms with E-state index in [4.69, 9.17) is 18.9 Å². The molecule has 4 rings (SSSR count). The van der Waals surface area contributed by atoms with Gasteiger partial charge in [0.25, 0.3) is 0 Å². The number of amides is 2. The number of ether oxygens (including phenoxy) is 4. The van der Waals surface area contributed by atoms with Gasteiger partial charge in [-0.05, 0) is 73.9 Å². The normalized spacial score (nSPS) is 14.1. The largest absolute Gasteiger partial charge is 0.459 e. The third-order valence-electron chi connectivity index (χ3n) is 7.45. The number of rotatable bonds is 13. The van der Waals surface area contributed by atoms with Crippen LogP contribution in [0.3, 0.4) is 0 Å². The molecule has 0 bridgehead atoms. The van der Waals surface area contributed by atoms with E-state index < -0.39 is 47.9 Å². The fourth-order valence-electron chi connectivity index (χ4n) is 5.22.